The predicted molar refractivity (Wildman–Crippen MR) is 92.6 cm³/mol. The Morgan fingerprint density at radius 3 is 2.70 bits per heavy atom. The molecule has 0 unspecified atom stereocenters. The third-order valence-corrected chi connectivity index (χ3v) is 3.62. The number of pyridine rings is 1. The van der Waals surface area contributed by atoms with E-state index in [1.54, 1.807) is 18.5 Å². The highest BCUT2D eigenvalue weighted by molar-refractivity contribution is 5.94. The summed E-state index contributed by atoms with van der Waals surface area (Å²) in [6.07, 6.45) is 4.24. The van der Waals surface area contributed by atoms with Gasteiger partial charge in [0.05, 0.1) is 6.21 Å². The first-order valence-corrected chi connectivity index (χ1v) is 7.53. The van der Waals surface area contributed by atoms with E-state index >= 15 is 0 Å². The molecule has 1 heterocycles. The molecule has 0 atom stereocenters. The van der Waals surface area contributed by atoms with Gasteiger partial charge in [-0.25, -0.2) is 5.43 Å². The zero-order chi connectivity index (χ0) is 16.1. The first-order chi connectivity index (χ1) is 11.3. The summed E-state index contributed by atoms with van der Waals surface area (Å²) in [5.41, 5.74) is 4.89. The molecule has 4 heteroatoms. The van der Waals surface area contributed by atoms with Crippen LogP contribution in [0, 0.1) is 0 Å². The highest BCUT2D eigenvalue weighted by atomic mass is 16.2. The number of amides is 1. The van der Waals surface area contributed by atoms with Crippen molar-refractivity contribution in [2.45, 2.75) is 13.3 Å². The Morgan fingerprint density at radius 2 is 1.96 bits per heavy atom. The standard InChI is InChI=1S/C19H17N3O/c1-2-14-8-10-18(20-12-14)19(23)22-21-13-15-7-9-16-5-3-4-6-17(16)11-15/h3-13H,2H2,1H3,(H,22,23)/b21-13-. The van der Waals surface area contributed by atoms with E-state index in [4.69, 9.17) is 0 Å². The molecule has 114 valence electrons. The second-order valence-corrected chi connectivity index (χ2v) is 5.21. The van der Waals surface area contributed by atoms with E-state index in [0.29, 0.717) is 5.69 Å². The van der Waals surface area contributed by atoms with E-state index in [9.17, 15) is 4.79 Å². The Balaban J connectivity index is 1.68. The third kappa shape index (κ3) is 3.61. The van der Waals surface area contributed by atoms with E-state index in [1.165, 1.54) is 5.39 Å². The summed E-state index contributed by atoms with van der Waals surface area (Å²) in [5, 5.41) is 6.32. The lowest BCUT2D eigenvalue weighted by atomic mass is 10.1. The Hall–Kier alpha value is -3.01. The number of aryl methyl sites for hydroxylation is 1. The lowest BCUT2D eigenvalue weighted by Crippen LogP contribution is -2.18. The molecule has 0 spiro atoms. The van der Waals surface area contributed by atoms with Crippen LogP contribution < -0.4 is 5.43 Å². The number of benzene rings is 2. The van der Waals surface area contributed by atoms with Gasteiger partial charge < -0.3 is 0 Å². The van der Waals surface area contributed by atoms with Crippen LogP contribution in [0.1, 0.15) is 28.5 Å². The van der Waals surface area contributed by atoms with E-state index in [-0.39, 0.29) is 5.91 Å². The highest BCUT2D eigenvalue weighted by Gasteiger charge is 2.05. The average molecular weight is 303 g/mol. The topological polar surface area (TPSA) is 54.4 Å². The summed E-state index contributed by atoms with van der Waals surface area (Å²) >= 11 is 0. The summed E-state index contributed by atoms with van der Waals surface area (Å²) < 4.78 is 0. The van der Waals surface area contributed by atoms with Crippen molar-refractivity contribution in [1.82, 2.24) is 10.4 Å². The monoisotopic (exact) mass is 303 g/mol. The number of hydrogen-bond donors (Lipinski definition) is 1. The van der Waals surface area contributed by atoms with Crippen LogP contribution in [0.2, 0.25) is 0 Å². The van der Waals surface area contributed by atoms with E-state index in [0.717, 1.165) is 22.9 Å². The number of nitrogens with one attached hydrogen (secondary N) is 1. The van der Waals surface area contributed by atoms with Crippen LogP contribution in [0.5, 0.6) is 0 Å². The van der Waals surface area contributed by atoms with Crippen LogP contribution in [-0.4, -0.2) is 17.1 Å². The molecule has 0 saturated heterocycles. The number of fused-ring (bicyclic) bond motifs is 1. The van der Waals surface area contributed by atoms with Crippen molar-refractivity contribution in [2.24, 2.45) is 5.10 Å². The van der Waals surface area contributed by atoms with Gasteiger partial charge in [0.1, 0.15) is 5.69 Å². The number of nitrogens with zero attached hydrogens (tertiary/aromatic N) is 2. The number of carbonyl (C=O) groups excluding carboxylic acids is 1. The maximum absolute atomic E-state index is 12.0. The number of aromatic nitrogens is 1. The van der Waals surface area contributed by atoms with Crippen molar-refractivity contribution in [3.05, 3.63) is 77.6 Å². The molecule has 3 aromatic rings. The van der Waals surface area contributed by atoms with Gasteiger partial charge in [0, 0.05) is 6.20 Å². The first kappa shape index (κ1) is 14.9. The minimum Gasteiger partial charge on any atom is -0.266 e. The van der Waals surface area contributed by atoms with Crippen molar-refractivity contribution in [3.8, 4) is 0 Å². The molecule has 2 aromatic carbocycles. The Bertz CT molecular complexity index is 854. The van der Waals surface area contributed by atoms with Crippen molar-refractivity contribution in [1.29, 1.82) is 0 Å². The highest BCUT2D eigenvalue weighted by Crippen LogP contribution is 2.14. The van der Waals surface area contributed by atoms with Crippen molar-refractivity contribution in [2.75, 3.05) is 0 Å². The van der Waals surface area contributed by atoms with Gasteiger partial charge in [-0.1, -0.05) is 49.4 Å². The molecule has 0 bridgehead atoms. The van der Waals surface area contributed by atoms with Crippen LogP contribution in [0.4, 0.5) is 0 Å². The van der Waals surface area contributed by atoms with Crippen LogP contribution >= 0.6 is 0 Å². The normalized spacial score (nSPS) is 11.0. The zero-order valence-corrected chi connectivity index (χ0v) is 12.9. The molecule has 0 aliphatic rings. The van der Waals surface area contributed by atoms with Crippen molar-refractivity contribution >= 4 is 22.9 Å². The molecule has 0 radical (unpaired) electrons. The minimum absolute atomic E-state index is 0.315. The quantitative estimate of drug-likeness (QED) is 0.592. The van der Waals surface area contributed by atoms with E-state index in [1.807, 2.05) is 49.4 Å². The van der Waals surface area contributed by atoms with Crippen LogP contribution in [0.15, 0.2) is 65.9 Å². The molecule has 1 N–H and O–H groups in total. The molecular formula is C19H17N3O. The fourth-order valence-corrected chi connectivity index (χ4v) is 2.28. The maximum atomic E-state index is 12.0. The Kier molecular flexibility index (Phi) is 4.43. The SMILES string of the molecule is CCc1ccc(C(=O)N/N=C\c2ccc3ccccc3c2)nc1. The molecular weight excluding hydrogens is 286 g/mol. The van der Waals surface area contributed by atoms with Gasteiger partial charge in [0.2, 0.25) is 0 Å². The molecule has 1 amide bonds. The fourth-order valence-electron chi connectivity index (χ4n) is 2.28. The van der Waals surface area contributed by atoms with Gasteiger partial charge in [-0.2, -0.15) is 5.10 Å². The molecule has 1 aromatic heterocycles. The fraction of sp³-hybridized carbons (Fsp3) is 0.105. The molecule has 0 aliphatic heterocycles. The largest absolute Gasteiger partial charge is 0.289 e. The summed E-state index contributed by atoms with van der Waals surface area (Å²) in [6.45, 7) is 2.05. The van der Waals surface area contributed by atoms with Gasteiger partial charge in [0.25, 0.3) is 5.91 Å². The number of hydrogen-bond acceptors (Lipinski definition) is 3. The zero-order valence-electron chi connectivity index (χ0n) is 12.9. The Labute approximate surface area is 134 Å². The van der Waals surface area contributed by atoms with Crippen LogP contribution in [-0.2, 0) is 6.42 Å². The van der Waals surface area contributed by atoms with Crippen LogP contribution in [0.3, 0.4) is 0 Å². The summed E-state index contributed by atoms with van der Waals surface area (Å²) in [7, 11) is 0. The van der Waals surface area contributed by atoms with Crippen LogP contribution in [0.25, 0.3) is 10.8 Å². The van der Waals surface area contributed by atoms with E-state index in [2.05, 4.69) is 21.6 Å². The number of hydrazone groups is 1. The van der Waals surface area contributed by atoms with Gasteiger partial charge >= 0.3 is 0 Å². The molecule has 3 rings (SSSR count). The maximum Gasteiger partial charge on any atom is 0.289 e. The molecule has 0 fully saturated rings. The lowest BCUT2D eigenvalue weighted by Gasteiger charge is -2.01. The smallest absolute Gasteiger partial charge is 0.266 e. The second kappa shape index (κ2) is 6.83. The van der Waals surface area contributed by atoms with E-state index < -0.39 is 0 Å². The van der Waals surface area contributed by atoms with Gasteiger partial charge in [-0.15, -0.1) is 0 Å². The number of carbonyl (C=O) groups is 1. The molecule has 23 heavy (non-hydrogen) atoms. The van der Waals surface area contributed by atoms with Crippen molar-refractivity contribution < 1.29 is 4.79 Å². The summed E-state index contributed by atoms with van der Waals surface area (Å²) in [5.74, 6) is -0.315. The number of rotatable bonds is 4. The van der Waals surface area contributed by atoms with Gasteiger partial charge in [0.15, 0.2) is 0 Å². The molecule has 0 saturated carbocycles. The molecule has 0 aliphatic carbocycles. The van der Waals surface area contributed by atoms with Gasteiger partial charge in [-0.3, -0.25) is 9.78 Å². The van der Waals surface area contributed by atoms with Crippen molar-refractivity contribution in [3.63, 3.8) is 0 Å². The van der Waals surface area contributed by atoms with Gasteiger partial charge in [-0.05, 0) is 40.5 Å². The minimum atomic E-state index is -0.315. The lowest BCUT2D eigenvalue weighted by molar-refractivity contribution is 0.0950. The summed E-state index contributed by atoms with van der Waals surface area (Å²) in [6, 6.07) is 17.7. The first-order valence-electron chi connectivity index (χ1n) is 7.53. The molecule has 4 nitrogen and oxygen atoms in total. The average Bonchev–Trinajstić information content (AvgIpc) is 2.61. The third-order valence-electron chi connectivity index (χ3n) is 3.62. The summed E-state index contributed by atoms with van der Waals surface area (Å²) in [4.78, 5) is 16.1. The second-order valence-electron chi connectivity index (χ2n) is 5.21. The Morgan fingerprint density at radius 1 is 1.13 bits per heavy atom. The predicted octanol–water partition coefficient (Wildman–Crippen LogP) is 3.56.